The number of nitrogens with one attached hydrogen (secondary N) is 1. The van der Waals surface area contributed by atoms with Gasteiger partial charge in [-0.1, -0.05) is 0 Å². The Morgan fingerprint density at radius 2 is 2.28 bits per heavy atom. The number of anilines is 2. The Hall–Kier alpha value is -1.82. The summed E-state index contributed by atoms with van der Waals surface area (Å²) in [5.41, 5.74) is 0.630. The molecule has 0 unspecified atom stereocenters. The molecule has 2 rings (SSSR count). The molecule has 0 aliphatic carbocycles. The lowest BCUT2D eigenvalue weighted by Crippen LogP contribution is -2.36. The van der Waals surface area contributed by atoms with Crippen LogP contribution < -0.4 is 10.2 Å². The van der Waals surface area contributed by atoms with Crippen LogP contribution in [0.5, 0.6) is 0 Å². The van der Waals surface area contributed by atoms with E-state index >= 15 is 0 Å². The quantitative estimate of drug-likeness (QED) is 0.881. The molecule has 1 aromatic rings. The Kier molecular flexibility index (Phi) is 4.35. The number of hydrogen-bond acceptors (Lipinski definition) is 5. The second-order valence-electron chi connectivity index (χ2n) is 3.85. The first-order valence-corrected chi connectivity index (χ1v) is 6.02. The largest absolute Gasteiger partial charge is 0.450 e. The first-order valence-electron chi connectivity index (χ1n) is 6.02. The minimum atomic E-state index is -0.460. The highest BCUT2D eigenvalue weighted by Crippen LogP contribution is 2.15. The molecule has 0 spiro atoms. The third-order valence-electron chi connectivity index (χ3n) is 2.60. The molecular formula is C12H17N3O3. The predicted octanol–water partition coefficient (Wildman–Crippen LogP) is 1.49. The Morgan fingerprint density at radius 1 is 1.50 bits per heavy atom. The summed E-state index contributed by atoms with van der Waals surface area (Å²) in [5, 5.41) is 2.61. The Balaban J connectivity index is 1.94. The molecule has 2 heterocycles. The van der Waals surface area contributed by atoms with Crippen molar-refractivity contribution in [2.75, 3.05) is 43.1 Å². The number of carbonyl (C=O) groups is 1. The van der Waals surface area contributed by atoms with Crippen molar-refractivity contribution < 1.29 is 14.3 Å². The maximum absolute atomic E-state index is 11.2. The summed E-state index contributed by atoms with van der Waals surface area (Å²) in [4.78, 5) is 17.7. The van der Waals surface area contributed by atoms with Gasteiger partial charge in [-0.3, -0.25) is 5.32 Å². The van der Waals surface area contributed by atoms with Gasteiger partial charge in [0.25, 0.3) is 0 Å². The molecule has 18 heavy (non-hydrogen) atoms. The van der Waals surface area contributed by atoms with E-state index in [1.165, 1.54) is 0 Å². The SMILES string of the molecule is CCOC(=O)Nc1ccc(N2CCOCC2)nc1. The standard InChI is InChI=1S/C12H17N3O3/c1-2-18-12(16)14-10-3-4-11(13-9-10)15-5-7-17-8-6-15/h3-4,9H,2,5-8H2,1H3,(H,14,16). The van der Waals surface area contributed by atoms with Crippen molar-refractivity contribution in [3.63, 3.8) is 0 Å². The number of carbonyl (C=O) groups excluding carboxylic acids is 1. The van der Waals surface area contributed by atoms with Crippen molar-refractivity contribution in [2.24, 2.45) is 0 Å². The van der Waals surface area contributed by atoms with E-state index in [0.29, 0.717) is 12.3 Å². The van der Waals surface area contributed by atoms with Crippen LogP contribution in [-0.4, -0.2) is 44.0 Å². The highest BCUT2D eigenvalue weighted by Gasteiger charge is 2.12. The van der Waals surface area contributed by atoms with Crippen LogP contribution in [0.2, 0.25) is 0 Å². The fraction of sp³-hybridized carbons (Fsp3) is 0.500. The lowest BCUT2D eigenvalue weighted by Gasteiger charge is -2.27. The van der Waals surface area contributed by atoms with Crippen molar-refractivity contribution in [3.05, 3.63) is 18.3 Å². The summed E-state index contributed by atoms with van der Waals surface area (Å²) < 4.78 is 10.1. The minimum absolute atomic E-state index is 0.352. The lowest BCUT2D eigenvalue weighted by molar-refractivity contribution is 0.122. The second-order valence-corrected chi connectivity index (χ2v) is 3.85. The van der Waals surface area contributed by atoms with E-state index in [1.54, 1.807) is 13.1 Å². The molecule has 1 fully saturated rings. The molecule has 1 amide bonds. The average molecular weight is 251 g/mol. The number of hydrogen-bond donors (Lipinski definition) is 1. The molecule has 6 heteroatoms. The van der Waals surface area contributed by atoms with Crippen LogP contribution >= 0.6 is 0 Å². The molecule has 1 aliphatic heterocycles. The van der Waals surface area contributed by atoms with Crippen molar-refractivity contribution in [2.45, 2.75) is 6.92 Å². The first-order chi connectivity index (χ1) is 8.79. The number of amides is 1. The molecule has 1 N–H and O–H groups in total. The molecule has 1 aliphatic rings. The fourth-order valence-electron chi connectivity index (χ4n) is 1.72. The third-order valence-corrected chi connectivity index (χ3v) is 2.60. The smallest absolute Gasteiger partial charge is 0.411 e. The third kappa shape index (κ3) is 3.33. The molecule has 0 aromatic carbocycles. The number of pyridine rings is 1. The van der Waals surface area contributed by atoms with Gasteiger partial charge in [0.1, 0.15) is 5.82 Å². The maximum atomic E-state index is 11.2. The fourth-order valence-corrected chi connectivity index (χ4v) is 1.72. The van der Waals surface area contributed by atoms with Gasteiger partial charge in [-0.05, 0) is 19.1 Å². The zero-order chi connectivity index (χ0) is 12.8. The predicted molar refractivity (Wildman–Crippen MR) is 67.9 cm³/mol. The summed E-state index contributed by atoms with van der Waals surface area (Å²) in [7, 11) is 0. The summed E-state index contributed by atoms with van der Waals surface area (Å²) in [5.74, 6) is 0.896. The molecule has 0 atom stereocenters. The topological polar surface area (TPSA) is 63.7 Å². The van der Waals surface area contributed by atoms with Gasteiger partial charge in [0.05, 0.1) is 31.7 Å². The Bertz CT molecular complexity index is 388. The van der Waals surface area contributed by atoms with Gasteiger partial charge in [-0.25, -0.2) is 9.78 Å². The summed E-state index contributed by atoms with van der Waals surface area (Å²) in [6.45, 7) is 5.26. The molecule has 0 bridgehead atoms. The summed E-state index contributed by atoms with van der Waals surface area (Å²) in [6, 6.07) is 3.70. The van der Waals surface area contributed by atoms with Gasteiger partial charge in [0, 0.05) is 13.1 Å². The molecule has 6 nitrogen and oxygen atoms in total. The normalized spacial score (nSPS) is 15.3. The van der Waals surface area contributed by atoms with Gasteiger partial charge < -0.3 is 14.4 Å². The van der Waals surface area contributed by atoms with Crippen molar-refractivity contribution in [3.8, 4) is 0 Å². The van der Waals surface area contributed by atoms with Crippen LogP contribution in [0.25, 0.3) is 0 Å². The molecule has 0 radical (unpaired) electrons. The van der Waals surface area contributed by atoms with E-state index < -0.39 is 6.09 Å². The zero-order valence-electron chi connectivity index (χ0n) is 10.4. The molecule has 1 saturated heterocycles. The molecule has 98 valence electrons. The van der Waals surface area contributed by atoms with Gasteiger partial charge in [0.2, 0.25) is 0 Å². The monoisotopic (exact) mass is 251 g/mol. The molecule has 1 aromatic heterocycles. The van der Waals surface area contributed by atoms with Gasteiger partial charge >= 0.3 is 6.09 Å². The summed E-state index contributed by atoms with van der Waals surface area (Å²) >= 11 is 0. The molecular weight excluding hydrogens is 234 g/mol. The van der Waals surface area contributed by atoms with E-state index in [4.69, 9.17) is 9.47 Å². The number of ether oxygens (including phenoxy) is 2. The number of nitrogens with zero attached hydrogens (tertiary/aromatic N) is 2. The highest BCUT2D eigenvalue weighted by atomic mass is 16.5. The summed E-state index contributed by atoms with van der Waals surface area (Å²) in [6.07, 6.45) is 1.17. The second kappa shape index (κ2) is 6.20. The van der Waals surface area contributed by atoms with Crippen molar-refractivity contribution in [1.82, 2.24) is 4.98 Å². The van der Waals surface area contributed by atoms with E-state index in [0.717, 1.165) is 32.1 Å². The van der Waals surface area contributed by atoms with Gasteiger partial charge in [-0.15, -0.1) is 0 Å². The van der Waals surface area contributed by atoms with Crippen LogP contribution in [0.3, 0.4) is 0 Å². The Labute approximate surface area is 106 Å². The minimum Gasteiger partial charge on any atom is -0.450 e. The average Bonchev–Trinajstić information content (AvgIpc) is 2.41. The van der Waals surface area contributed by atoms with Crippen LogP contribution in [0, 0.1) is 0 Å². The van der Waals surface area contributed by atoms with Crippen LogP contribution in [0.15, 0.2) is 18.3 Å². The number of rotatable bonds is 3. The highest BCUT2D eigenvalue weighted by molar-refractivity contribution is 5.84. The van der Waals surface area contributed by atoms with Crippen LogP contribution in [0.4, 0.5) is 16.3 Å². The number of aromatic nitrogens is 1. The molecule has 0 saturated carbocycles. The van der Waals surface area contributed by atoms with E-state index in [-0.39, 0.29) is 0 Å². The Morgan fingerprint density at radius 3 is 2.89 bits per heavy atom. The van der Waals surface area contributed by atoms with Gasteiger partial charge in [-0.2, -0.15) is 0 Å². The van der Waals surface area contributed by atoms with Crippen LogP contribution in [-0.2, 0) is 9.47 Å². The van der Waals surface area contributed by atoms with Crippen molar-refractivity contribution >= 4 is 17.6 Å². The van der Waals surface area contributed by atoms with Crippen molar-refractivity contribution in [1.29, 1.82) is 0 Å². The lowest BCUT2D eigenvalue weighted by atomic mass is 10.3. The van der Waals surface area contributed by atoms with E-state index in [9.17, 15) is 4.79 Å². The van der Waals surface area contributed by atoms with Crippen LogP contribution in [0.1, 0.15) is 6.92 Å². The maximum Gasteiger partial charge on any atom is 0.411 e. The van der Waals surface area contributed by atoms with E-state index in [2.05, 4.69) is 15.2 Å². The number of morpholine rings is 1. The zero-order valence-corrected chi connectivity index (χ0v) is 10.4. The first kappa shape index (κ1) is 12.6. The van der Waals surface area contributed by atoms with E-state index in [1.807, 2.05) is 12.1 Å². The van der Waals surface area contributed by atoms with Gasteiger partial charge in [0.15, 0.2) is 0 Å².